The van der Waals surface area contributed by atoms with E-state index in [0.717, 1.165) is 19.0 Å². The molecule has 0 aliphatic heterocycles. The van der Waals surface area contributed by atoms with Crippen LogP contribution in [0.3, 0.4) is 0 Å². The fourth-order valence-corrected chi connectivity index (χ4v) is 1.21. The maximum absolute atomic E-state index is 12.5. The van der Waals surface area contributed by atoms with Gasteiger partial charge in [0.25, 0.3) is 0 Å². The van der Waals surface area contributed by atoms with Crippen LogP contribution in [-0.2, 0) is 6.18 Å². The molecule has 0 atom stereocenters. The van der Waals surface area contributed by atoms with Crippen LogP contribution in [0.4, 0.5) is 13.2 Å². The number of rotatable bonds is 2. The van der Waals surface area contributed by atoms with E-state index in [1.165, 1.54) is 6.07 Å². The van der Waals surface area contributed by atoms with E-state index >= 15 is 0 Å². The third-order valence-electron chi connectivity index (χ3n) is 2.13. The molecule has 0 spiro atoms. The van der Waals surface area contributed by atoms with Gasteiger partial charge in [0.2, 0.25) is 0 Å². The molecule has 1 aliphatic carbocycles. The lowest BCUT2D eigenvalue weighted by Gasteiger charge is -2.13. The zero-order valence-corrected chi connectivity index (χ0v) is 8.14. The molecule has 1 heterocycles. The van der Waals surface area contributed by atoms with E-state index < -0.39 is 11.7 Å². The monoisotopic (exact) mass is 217 g/mol. The molecule has 0 bridgehead atoms. The maximum Gasteiger partial charge on any atom is 0.421 e. The first-order valence-corrected chi connectivity index (χ1v) is 4.67. The summed E-state index contributed by atoms with van der Waals surface area (Å²) in [5.74, 6) is -0.0995. The van der Waals surface area contributed by atoms with Gasteiger partial charge in [-0.1, -0.05) is 0 Å². The van der Waals surface area contributed by atoms with E-state index in [1.807, 2.05) is 0 Å². The zero-order chi connectivity index (χ0) is 11.1. The quantitative estimate of drug-likeness (QED) is 0.759. The van der Waals surface area contributed by atoms with E-state index in [9.17, 15) is 13.2 Å². The number of hydrogen-bond donors (Lipinski definition) is 0. The zero-order valence-electron chi connectivity index (χ0n) is 8.14. The Morgan fingerprint density at radius 3 is 2.60 bits per heavy atom. The minimum absolute atomic E-state index is 0.0482. The lowest BCUT2D eigenvalue weighted by Crippen LogP contribution is -2.10. The summed E-state index contributed by atoms with van der Waals surface area (Å²) in [6.45, 7) is 1.64. The molecule has 0 radical (unpaired) electrons. The van der Waals surface area contributed by atoms with Crippen LogP contribution in [0.25, 0.3) is 0 Å². The maximum atomic E-state index is 12.5. The van der Waals surface area contributed by atoms with Crippen molar-refractivity contribution in [2.24, 2.45) is 0 Å². The minimum atomic E-state index is -4.40. The Hall–Kier alpha value is -1.26. The molecule has 2 rings (SSSR count). The van der Waals surface area contributed by atoms with Crippen LogP contribution in [0.2, 0.25) is 0 Å². The second-order valence-electron chi connectivity index (χ2n) is 3.64. The minimum Gasteiger partial charge on any atom is -0.490 e. The highest BCUT2D eigenvalue weighted by Crippen LogP contribution is 2.38. The standard InChI is InChI=1S/C10H10F3NO/c1-6-4-9(15-7-2-3-7)8(5-14-6)10(11,12)13/h4-5,7H,2-3H2,1H3. The van der Waals surface area contributed by atoms with E-state index in [4.69, 9.17) is 4.74 Å². The molecule has 0 saturated heterocycles. The Bertz CT molecular complexity index is 371. The SMILES string of the molecule is Cc1cc(OC2CC2)c(C(F)(F)F)cn1. The summed E-state index contributed by atoms with van der Waals surface area (Å²) in [5, 5.41) is 0. The highest BCUT2D eigenvalue weighted by molar-refractivity contribution is 5.35. The van der Waals surface area contributed by atoms with E-state index in [0.29, 0.717) is 5.69 Å². The molecule has 1 saturated carbocycles. The summed E-state index contributed by atoms with van der Waals surface area (Å²) in [5.41, 5.74) is -0.265. The van der Waals surface area contributed by atoms with E-state index in [1.54, 1.807) is 6.92 Å². The van der Waals surface area contributed by atoms with Gasteiger partial charge in [-0.2, -0.15) is 13.2 Å². The van der Waals surface area contributed by atoms with Gasteiger partial charge in [-0.3, -0.25) is 4.98 Å². The van der Waals surface area contributed by atoms with Gasteiger partial charge in [-0.15, -0.1) is 0 Å². The van der Waals surface area contributed by atoms with Gasteiger partial charge < -0.3 is 4.74 Å². The molecule has 1 fully saturated rings. The van der Waals surface area contributed by atoms with Gasteiger partial charge in [0.05, 0.1) is 6.10 Å². The van der Waals surface area contributed by atoms with Crippen molar-refractivity contribution in [2.75, 3.05) is 0 Å². The molecular formula is C10H10F3NO. The molecule has 1 aromatic heterocycles. The fraction of sp³-hybridized carbons (Fsp3) is 0.500. The van der Waals surface area contributed by atoms with Crippen LogP contribution in [-0.4, -0.2) is 11.1 Å². The Balaban J connectivity index is 2.34. The van der Waals surface area contributed by atoms with E-state index in [2.05, 4.69) is 4.98 Å². The van der Waals surface area contributed by atoms with Gasteiger partial charge >= 0.3 is 6.18 Å². The predicted molar refractivity (Wildman–Crippen MR) is 47.6 cm³/mol. The molecule has 0 aromatic carbocycles. The molecular weight excluding hydrogens is 207 g/mol. The number of aromatic nitrogens is 1. The summed E-state index contributed by atoms with van der Waals surface area (Å²) >= 11 is 0. The average molecular weight is 217 g/mol. The number of pyridine rings is 1. The van der Waals surface area contributed by atoms with Crippen molar-refractivity contribution in [3.8, 4) is 5.75 Å². The molecule has 0 amide bonds. The van der Waals surface area contributed by atoms with Gasteiger partial charge in [-0.25, -0.2) is 0 Å². The number of nitrogens with zero attached hydrogens (tertiary/aromatic N) is 1. The highest BCUT2D eigenvalue weighted by atomic mass is 19.4. The lowest BCUT2D eigenvalue weighted by molar-refractivity contribution is -0.139. The average Bonchev–Trinajstić information content (AvgIpc) is 2.85. The molecule has 82 valence electrons. The molecule has 0 unspecified atom stereocenters. The van der Waals surface area contributed by atoms with Gasteiger partial charge in [0.1, 0.15) is 11.3 Å². The third-order valence-corrected chi connectivity index (χ3v) is 2.13. The Morgan fingerprint density at radius 2 is 2.07 bits per heavy atom. The molecule has 1 aromatic rings. The van der Waals surface area contributed by atoms with Crippen molar-refractivity contribution >= 4 is 0 Å². The summed E-state index contributed by atoms with van der Waals surface area (Å²) in [6, 6.07) is 1.33. The number of aryl methyl sites for hydroxylation is 1. The van der Waals surface area contributed by atoms with Crippen LogP contribution in [0.5, 0.6) is 5.75 Å². The van der Waals surface area contributed by atoms with Crippen LogP contribution >= 0.6 is 0 Å². The molecule has 15 heavy (non-hydrogen) atoms. The number of alkyl halides is 3. The van der Waals surface area contributed by atoms with Crippen molar-refractivity contribution in [3.05, 3.63) is 23.5 Å². The smallest absolute Gasteiger partial charge is 0.421 e. The Labute approximate surface area is 85.1 Å². The van der Waals surface area contributed by atoms with Crippen molar-refractivity contribution in [1.82, 2.24) is 4.98 Å². The third kappa shape index (κ3) is 2.40. The molecule has 1 aliphatic rings. The van der Waals surface area contributed by atoms with Crippen molar-refractivity contribution in [3.63, 3.8) is 0 Å². The molecule has 5 heteroatoms. The fourth-order valence-electron chi connectivity index (χ4n) is 1.21. The molecule has 2 nitrogen and oxygen atoms in total. The number of ether oxygens (including phenoxy) is 1. The first-order valence-electron chi connectivity index (χ1n) is 4.67. The number of hydrogen-bond acceptors (Lipinski definition) is 2. The van der Waals surface area contributed by atoms with Crippen molar-refractivity contribution in [2.45, 2.75) is 32.0 Å². The summed E-state index contributed by atoms with van der Waals surface area (Å²) < 4.78 is 42.8. The lowest BCUT2D eigenvalue weighted by atomic mass is 10.2. The van der Waals surface area contributed by atoms with Crippen molar-refractivity contribution < 1.29 is 17.9 Å². The van der Waals surface area contributed by atoms with Gasteiger partial charge in [0.15, 0.2) is 0 Å². The first kappa shape index (κ1) is 10.3. The number of halogens is 3. The summed E-state index contributed by atoms with van der Waals surface area (Å²) in [6.07, 6.45) is -1.96. The predicted octanol–water partition coefficient (Wildman–Crippen LogP) is 2.95. The Kier molecular flexibility index (Phi) is 2.32. The summed E-state index contributed by atoms with van der Waals surface area (Å²) in [7, 11) is 0. The topological polar surface area (TPSA) is 22.1 Å². The first-order chi connectivity index (χ1) is 6.97. The Morgan fingerprint density at radius 1 is 1.40 bits per heavy atom. The van der Waals surface area contributed by atoms with Gasteiger partial charge in [0, 0.05) is 18.0 Å². The van der Waals surface area contributed by atoms with Gasteiger partial charge in [-0.05, 0) is 19.8 Å². The second kappa shape index (κ2) is 3.40. The second-order valence-corrected chi connectivity index (χ2v) is 3.64. The van der Waals surface area contributed by atoms with Crippen LogP contribution in [0.1, 0.15) is 24.1 Å². The normalized spacial score (nSPS) is 16.5. The largest absolute Gasteiger partial charge is 0.490 e. The van der Waals surface area contributed by atoms with Crippen LogP contribution in [0.15, 0.2) is 12.3 Å². The highest BCUT2D eigenvalue weighted by Gasteiger charge is 2.36. The van der Waals surface area contributed by atoms with Crippen LogP contribution in [0, 0.1) is 6.92 Å². The summed E-state index contributed by atoms with van der Waals surface area (Å²) in [4.78, 5) is 3.63. The molecule has 0 N–H and O–H groups in total. The van der Waals surface area contributed by atoms with Crippen molar-refractivity contribution in [1.29, 1.82) is 0 Å². The van der Waals surface area contributed by atoms with Crippen LogP contribution < -0.4 is 4.74 Å². The van der Waals surface area contributed by atoms with E-state index in [-0.39, 0.29) is 11.9 Å².